The van der Waals surface area contributed by atoms with Gasteiger partial charge in [-0.2, -0.15) is 0 Å². The molecule has 0 amide bonds. The Morgan fingerprint density at radius 1 is 1.04 bits per heavy atom. The van der Waals surface area contributed by atoms with Gasteiger partial charge in [0.2, 0.25) is 0 Å². The molecule has 0 aliphatic rings. The average molecular weight is 348 g/mol. The zero-order chi connectivity index (χ0) is 18.4. The van der Waals surface area contributed by atoms with Crippen molar-refractivity contribution in [3.05, 3.63) is 59.2 Å². The highest BCUT2D eigenvalue weighted by Crippen LogP contribution is 2.25. The summed E-state index contributed by atoms with van der Waals surface area (Å²) in [5.41, 5.74) is 9.29. The van der Waals surface area contributed by atoms with Gasteiger partial charge in [0.05, 0.1) is 33.5 Å². The van der Waals surface area contributed by atoms with E-state index in [4.69, 9.17) is 16.2 Å². The van der Waals surface area contributed by atoms with Crippen LogP contribution in [-0.2, 0) is 0 Å². The third kappa shape index (κ3) is 2.57. The predicted molar refractivity (Wildman–Crippen MR) is 97.7 cm³/mol. The van der Waals surface area contributed by atoms with Gasteiger partial charge in [-0.15, -0.1) is 0 Å². The maximum Gasteiger partial charge on any atom is 0.335 e. The van der Waals surface area contributed by atoms with Crippen LogP contribution < -0.4 is 5.73 Å². The fraction of sp³-hybridized carbons (Fsp3) is 0.111. The van der Waals surface area contributed by atoms with Crippen LogP contribution in [0.25, 0.3) is 22.1 Å². The van der Waals surface area contributed by atoms with Crippen molar-refractivity contribution in [3.63, 3.8) is 0 Å². The summed E-state index contributed by atoms with van der Waals surface area (Å²) in [4.78, 5) is 26.7. The second-order valence-corrected chi connectivity index (χ2v) is 6.15. The van der Waals surface area contributed by atoms with Crippen molar-refractivity contribution in [2.45, 2.75) is 12.8 Å². The molecule has 6 N–H and O–H groups in total. The number of nitrogens with two attached hydrogens (primary N) is 1. The van der Waals surface area contributed by atoms with Gasteiger partial charge in [-0.25, -0.2) is 14.8 Å². The highest BCUT2D eigenvalue weighted by atomic mass is 16.4. The number of H-pyrrole nitrogens is 2. The van der Waals surface area contributed by atoms with Crippen molar-refractivity contribution < 1.29 is 9.90 Å². The molecular formula is C18H16N6O2. The second-order valence-electron chi connectivity index (χ2n) is 6.15. The number of aromatic nitrogens is 4. The molecule has 2 heterocycles. The van der Waals surface area contributed by atoms with Crippen LogP contribution in [0.15, 0.2) is 36.4 Å². The Balaban J connectivity index is 1.73. The number of imidazole rings is 2. The Bertz CT molecular complexity index is 1080. The molecule has 0 aliphatic carbocycles. The van der Waals surface area contributed by atoms with Gasteiger partial charge in [-0.1, -0.05) is 0 Å². The summed E-state index contributed by atoms with van der Waals surface area (Å²) < 4.78 is 0. The van der Waals surface area contributed by atoms with E-state index in [9.17, 15) is 4.79 Å². The number of carboxylic acids is 1. The first-order chi connectivity index (χ1) is 12.4. The SMILES string of the molecule is CC(c1nc2cc(C(=N)N)ccc2[nH]1)c1nc2cc(C(=O)O)ccc2[nH]1. The summed E-state index contributed by atoms with van der Waals surface area (Å²) >= 11 is 0. The molecule has 26 heavy (non-hydrogen) atoms. The van der Waals surface area contributed by atoms with E-state index in [1.54, 1.807) is 30.3 Å². The fourth-order valence-corrected chi connectivity index (χ4v) is 2.89. The molecule has 2 aromatic heterocycles. The van der Waals surface area contributed by atoms with E-state index in [1.165, 1.54) is 0 Å². The quantitative estimate of drug-likeness (QED) is 0.284. The van der Waals surface area contributed by atoms with Crippen molar-refractivity contribution in [1.29, 1.82) is 5.41 Å². The lowest BCUT2D eigenvalue weighted by Gasteiger charge is -2.03. The molecule has 0 fully saturated rings. The van der Waals surface area contributed by atoms with E-state index in [2.05, 4.69) is 19.9 Å². The van der Waals surface area contributed by atoms with E-state index < -0.39 is 5.97 Å². The van der Waals surface area contributed by atoms with Crippen LogP contribution >= 0.6 is 0 Å². The summed E-state index contributed by atoms with van der Waals surface area (Å²) in [6.07, 6.45) is 0. The molecule has 1 atom stereocenters. The highest BCUT2D eigenvalue weighted by Gasteiger charge is 2.18. The van der Waals surface area contributed by atoms with Crippen molar-refractivity contribution in [3.8, 4) is 0 Å². The summed E-state index contributed by atoms with van der Waals surface area (Å²) in [6, 6.07) is 10.2. The first-order valence-corrected chi connectivity index (χ1v) is 7.99. The molecule has 0 saturated carbocycles. The molecule has 0 saturated heterocycles. The molecule has 8 nitrogen and oxygen atoms in total. The van der Waals surface area contributed by atoms with E-state index in [0.717, 1.165) is 22.4 Å². The summed E-state index contributed by atoms with van der Waals surface area (Å²) in [5.74, 6) is 0.273. The number of hydrogen-bond donors (Lipinski definition) is 5. The van der Waals surface area contributed by atoms with Crippen molar-refractivity contribution >= 4 is 33.9 Å². The van der Waals surface area contributed by atoms with E-state index >= 15 is 0 Å². The van der Waals surface area contributed by atoms with Gasteiger partial charge in [-0.05, 0) is 43.3 Å². The van der Waals surface area contributed by atoms with Crippen LogP contribution in [0.1, 0.15) is 40.4 Å². The lowest BCUT2D eigenvalue weighted by atomic mass is 10.1. The zero-order valence-corrected chi connectivity index (χ0v) is 13.9. The number of amidine groups is 1. The minimum atomic E-state index is -0.983. The standard InChI is InChI=1S/C18H16N6O2/c1-8(16-21-11-4-2-9(15(19)20)6-13(11)23-16)17-22-12-5-3-10(18(25)26)7-14(12)24-17/h2-8H,1H3,(H3,19,20)(H,21,23)(H,22,24)(H,25,26). The topological polar surface area (TPSA) is 145 Å². The summed E-state index contributed by atoms with van der Waals surface area (Å²) in [6.45, 7) is 1.96. The molecule has 2 aromatic carbocycles. The Morgan fingerprint density at radius 2 is 1.54 bits per heavy atom. The van der Waals surface area contributed by atoms with E-state index in [0.29, 0.717) is 16.9 Å². The molecule has 4 rings (SSSR count). The first-order valence-electron chi connectivity index (χ1n) is 7.99. The molecule has 0 spiro atoms. The number of aromatic amines is 2. The Hall–Kier alpha value is -3.68. The molecule has 130 valence electrons. The smallest absolute Gasteiger partial charge is 0.335 e. The number of nitrogen functional groups attached to an aromatic ring is 1. The van der Waals surface area contributed by atoms with Crippen molar-refractivity contribution in [1.82, 2.24) is 19.9 Å². The number of carbonyl (C=O) groups is 1. The molecule has 0 bridgehead atoms. The number of benzene rings is 2. The Kier molecular flexibility index (Phi) is 3.47. The minimum Gasteiger partial charge on any atom is -0.478 e. The number of fused-ring (bicyclic) bond motifs is 2. The van der Waals surface area contributed by atoms with Gasteiger partial charge in [0.15, 0.2) is 0 Å². The van der Waals surface area contributed by atoms with Crippen LogP contribution in [0.2, 0.25) is 0 Å². The largest absolute Gasteiger partial charge is 0.478 e. The third-order valence-electron chi connectivity index (χ3n) is 4.38. The van der Waals surface area contributed by atoms with Crippen LogP contribution in [-0.4, -0.2) is 36.8 Å². The lowest BCUT2D eigenvalue weighted by molar-refractivity contribution is 0.0697. The van der Waals surface area contributed by atoms with Gasteiger partial charge < -0.3 is 20.8 Å². The first kappa shape index (κ1) is 15.8. The maximum absolute atomic E-state index is 11.1. The summed E-state index contributed by atoms with van der Waals surface area (Å²) in [5, 5.41) is 16.6. The molecule has 1 unspecified atom stereocenters. The van der Waals surface area contributed by atoms with Gasteiger partial charge in [-0.3, -0.25) is 5.41 Å². The van der Waals surface area contributed by atoms with E-state index in [1.807, 2.05) is 13.0 Å². The number of carboxylic acid groups (broad SMARTS) is 1. The van der Waals surface area contributed by atoms with Crippen LogP contribution in [0.3, 0.4) is 0 Å². The fourth-order valence-electron chi connectivity index (χ4n) is 2.89. The average Bonchev–Trinajstić information content (AvgIpc) is 3.23. The van der Waals surface area contributed by atoms with Gasteiger partial charge in [0, 0.05) is 5.56 Å². The van der Waals surface area contributed by atoms with Crippen LogP contribution in [0, 0.1) is 5.41 Å². The van der Waals surface area contributed by atoms with Crippen LogP contribution in [0.4, 0.5) is 0 Å². The molecular weight excluding hydrogens is 332 g/mol. The monoisotopic (exact) mass is 348 g/mol. The van der Waals surface area contributed by atoms with Crippen molar-refractivity contribution in [2.24, 2.45) is 5.73 Å². The number of nitrogens with zero attached hydrogens (tertiary/aromatic N) is 2. The number of hydrogen-bond acceptors (Lipinski definition) is 4. The minimum absolute atomic E-state index is 0.00369. The zero-order valence-electron chi connectivity index (χ0n) is 13.9. The Morgan fingerprint density at radius 3 is 2.04 bits per heavy atom. The van der Waals surface area contributed by atoms with Crippen molar-refractivity contribution in [2.75, 3.05) is 0 Å². The summed E-state index contributed by atoms with van der Waals surface area (Å²) in [7, 11) is 0. The van der Waals surface area contributed by atoms with Gasteiger partial charge >= 0.3 is 5.97 Å². The third-order valence-corrected chi connectivity index (χ3v) is 4.38. The van der Waals surface area contributed by atoms with Gasteiger partial charge in [0.25, 0.3) is 0 Å². The normalized spacial score (nSPS) is 12.5. The number of aromatic carboxylic acids is 1. The lowest BCUT2D eigenvalue weighted by Crippen LogP contribution is -2.10. The molecule has 0 aliphatic heterocycles. The predicted octanol–water partition coefficient (Wildman–Crippen LogP) is 2.57. The number of rotatable bonds is 4. The molecule has 0 radical (unpaired) electrons. The Labute approximate surface area is 147 Å². The number of nitrogens with one attached hydrogen (secondary N) is 3. The highest BCUT2D eigenvalue weighted by molar-refractivity contribution is 5.98. The van der Waals surface area contributed by atoms with E-state index in [-0.39, 0.29) is 17.3 Å². The second kappa shape index (κ2) is 5.69. The molecule has 8 heteroatoms. The van der Waals surface area contributed by atoms with Gasteiger partial charge in [0.1, 0.15) is 17.5 Å². The molecule has 4 aromatic rings. The maximum atomic E-state index is 11.1. The van der Waals surface area contributed by atoms with Crippen LogP contribution in [0.5, 0.6) is 0 Å².